The van der Waals surface area contributed by atoms with E-state index in [1.54, 1.807) is 18.2 Å². The zero-order chi connectivity index (χ0) is 13.7. The number of hydrogen-bond acceptors (Lipinski definition) is 2. The minimum Gasteiger partial charge on any atom is -0.435 e. The van der Waals surface area contributed by atoms with Crippen LogP contribution in [0.25, 0.3) is 0 Å². The molecule has 0 aromatic heterocycles. The Morgan fingerprint density at radius 2 is 2.16 bits per heavy atom. The third kappa shape index (κ3) is 4.31. The Kier molecular flexibility index (Phi) is 4.91. The second-order valence-electron chi connectivity index (χ2n) is 4.82. The van der Waals surface area contributed by atoms with E-state index in [4.69, 9.17) is 0 Å². The molecule has 4 heteroatoms. The Morgan fingerprint density at radius 3 is 2.84 bits per heavy atom. The molecule has 1 aromatic carbocycles. The molecular formula is C15H19F2NO. The average molecular weight is 267 g/mol. The number of halogens is 2. The van der Waals surface area contributed by atoms with Crippen LogP contribution in [0.5, 0.6) is 5.75 Å². The molecule has 1 N–H and O–H groups in total. The number of ether oxygens (including phenoxy) is 1. The van der Waals surface area contributed by atoms with Crippen molar-refractivity contribution >= 4 is 0 Å². The van der Waals surface area contributed by atoms with Crippen molar-refractivity contribution in [1.29, 1.82) is 0 Å². The number of hydrogen-bond donors (Lipinski definition) is 1. The van der Waals surface area contributed by atoms with Crippen LogP contribution in [-0.2, 0) is 0 Å². The molecule has 0 saturated heterocycles. The lowest BCUT2D eigenvalue weighted by atomic mass is 9.99. The monoisotopic (exact) mass is 267 g/mol. The van der Waals surface area contributed by atoms with E-state index in [1.807, 2.05) is 13.0 Å². The summed E-state index contributed by atoms with van der Waals surface area (Å²) in [6.45, 7) is -0.734. The van der Waals surface area contributed by atoms with Gasteiger partial charge in [0.1, 0.15) is 5.75 Å². The van der Waals surface area contributed by atoms with Gasteiger partial charge < -0.3 is 10.1 Å². The highest BCUT2D eigenvalue weighted by Crippen LogP contribution is 2.22. The zero-order valence-electron chi connectivity index (χ0n) is 11.0. The van der Waals surface area contributed by atoms with Crippen LogP contribution in [-0.4, -0.2) is 12.7 Å². The summed E-state index contributed by atoms with van der Waals surface area (Å²) in [5, 5.41) is 3.52. The van der Waals surface area contributed by atoms with Crippen molar-refractivity contribution in [1.82, 2.24) is 5.32 Å². The third-order valence-electron chi connectivity index (χ3n) is 3.34. The van der Waals surface area contributed by atoms with Crippen molar-refractivity contribution in [3.63, 3.8) is 0 Å². The molecule has 2 nitrogen and oxygen atoms in total. The first kappa shape index (κ1) is 14.0. The van der Waals surface area contributed by atoms with Crippen molar-refractivity contribution in [2.75, 3.05) is 0 Å². The molecule has 1 aromatic rings. The fourth-order valence-electron chi connectivity index (χ4n) is 2.35. The Hall–Kier alpha value is -1.42. The number of benzene rings is 1. The van der Waals surface area contributed by atoms with Gasteiger partial charge in [0.2, 0.25) is 0 Å². The van der Waals surface area contributed by atoms with E-state index >= 15 is 0 Å². The summed E-state index contributed by atoms with van der Waals surface area (Å²) in [5.74, 6) is 0.213. The van der Waals surface area contributed by atoms with E-state index in [1.165, 1.54) is 0 Å². The number of rotatable bonds is 5. The smallest absolute Gasteiger partial charge is 0.387 e. The molecule has 1 aliphatic carbocycles. The molecular weight excluding hydrogens is 248 g/mol. The standard InChI is InChI=1S/C15H19F2NO/c1-11(18-13-7-3-2-4-8-13)12-6-5-9-14(10-12)19-15(16)17/h2-3,5-6,9-11,13,15,18H,4,7-8H2,1H3. The van der Waals surface area contributed by atoms with E-state index in [0.29, 0.717) is 6.04 Å². The summed E-state index contributed by atoms with van der Waals surface area (Å²) in [7, 11) is 0. The summed E-state index contributed by atoms with van der Waals surface area (Å²) in [6.07, 6.45) is 7.62. The predicted octanol–water partition coefficient (Wildman–Crippen LogP) is 4.05. The third-order valence-corrected chi connectivity index (χ3v) is 3.34. The van der Waals surface area contributed by atoms with Gasteiger partial charge in [-0.25, -0.2) is 0 Å². The van der Waals surface area contributed by atoms with Gasteiger partial charge in [0.05, 0.1) is 0 Å². The Labute approximate surface area is 112 Å². The molecule has 0 heterocycles. The normalized spacial score (nSPS) is 20.5. The van der Waals surface area contributed by atoms with E-state index in [2.05, 4.69) is 22.2 Å². The second-order valence-corrected chi connectivity index (χ2v) is 4.82. The van der Waals surface area contributed by atoms with Gasteiger partial charge in [0.15, 0.2) is 0 Å². The second kappa shape index (κ2) is 6.66. The van der Waals surface area contributed by atoms with Crippen LogP contribution in [0.4, 0.5) is 8.78 Å². The summed E-state index contributed by atoms with van der Waals surface area (Å²) in [6, 6.07) is 7.46. The Morgan fingerprint density at radius 1 is 1.32 bits per heavy atom. The van der Waals surface area contributed by atoms with Crippen molar-refractivity contribution in [2.45, 2.75) is 44.9 Å². The fraction of sp³-hybridized carbons (Fsp3) is 0.467. The Balaban J connectivity index is 1.97. The average Bonchev–Trinajstić information content (AvgIpc) is 2.39. The van der Waals surface area contributed by atoms with Gasteiger partial charge in [-0.15, -0.1) is 0 Å². The first-order valence-corrected chi connectivity index (χ1v) is 6.61. The van der Waals surface area contributed by atoms with Gasteiger partial charge >= 0.3 is 6.61 Å². The lowest BCUT2D eigenvalue weighted by Gasteiger charge is -2.24. The summed E-state index contributed by atoms with van der Waals surface area (Å²) in [5.41, 5.74) is 0.965. The molecule has 0 spiro atoms. The molecule has 0 amide bonds. The van der Waals surface area contributed by atoms with Crippen molar-refractivity contribution in [2.24, 2.45) is 0 Å². The SMILES string of the molecule is CC(NC1CC=CCC1)c1cccc(OC(F)F)c1. The van der Waals surface area contributed by atoms with Gasteiger partial charge in [-0.05, 0) is 43.9 Å². The zero-order valence-corrected chi connectivity index (χ0v) is 11.0. The highest BCUT2D eigenvalue weighted by molar-refractivity contribution is 5.30. The maximum absolute atomic E-state index is 12.2. The van der Waals surface area contributed by atoms with Crippen molar-refractivity contribution in [3.8, 4) is 5.75 Å². The molecule has 104 valence electrons. The van der Waals surface area contributed by atoms with Crippen molar-refractivity contribution in [3.05, 3.63) is 42.0 Å². The Bertz CT molecular complexity index is 434. The van der Waals surface area contributed by atoms with Gasteiger partial charge in [-0.3, -0.25) is 0 Å². The molecule has 0 fully saturated rings. The number of nitrogens with one attached hydrogen (secondary N) is 1. The maximum atomic E-state index is 12.2. The molecule has 0 radical (unpaired) electrons. The topological polar surface area (TPSA) is 21.3 Å². The fourth-order valence-corrected chi connectivity index (χ4v) is 2.35. The van der Waals surface area contributed by atoms with Gasteiger partial charge in [-0.1, -0.05) is 24.3 Å². The van der Waals surface area contributed by atoms with Crippen LogP contribution < -0.4 is 10.1 Å². The van der Waals surface area contributed by atoms with Crippen molar-refractivity contribution < 1.29 is 13.5 Å². The maximum Gasteiger partial charge on any atom is 0.387 e. The van der Waals surface area contributed by atoms with Crippen LogP contribution in [0.3, 0.4) is 0 Å². The van der Waals surface area contributed by atoms with E-state index in [0.717, 1.165) is 24.8 Å². The molecule has 0 bridgehead atoms. The van der Waals surface area contributed by atoms with Crippen LogP contribution in [0.2, 0.25) is 0 Å². The van der Waals surface area contributed by atoms with E-state index in [9.17, 15) is 8.78 Å². The molecule has 19 heavy (non-hydrogen) atoms. The van der Waals surface area contributed by atoms with E-state index in [-0.39, 0.29) is 11.8 Å². The molecule has 2 atom stereocenters. The van der Waals surface area contributed by atoms with Gasteiger partial charge in [0, 0.05) is 12.1 Å². The van der Waals surface area contributed by atoms with Gasteiger partial charge in [0.25, 0.3) is 0 Å². The molecule has 1 aliphatic rings. The summed E-state index contributed by atoms with van der Waals surface area (Å²) >= 11 is 0. The van der Waals surface area contributed by atoms with Crippen LogP contribution in [0.1, 0.15) is 37.8 Å². The minimum atomic E-state index is -2.78. The van der Waals surface area contributed by atoms with Crippen LogP contribution in [0.15, 0.2) is 36.4 Å². The van der Waals surface area contributed by atoms with Gasteiger partial charge in [-0.2, -0.15) is 8.78 Å². The molecule has 2 unspecified atom stereocenters. The lowest BCUT2D eigenvalue weighted by molar-refractivity contribution is -0.0499. The first-order valence-electron chi connectivity index (χ1n) is 6.61. The molecule has 2 rings (SSSR count). The molecule has 0 aliphatic heterocycles. The highest BCUT2D eigenvalue weighted by atomic mass is 19.3. The minimum absolute atomic E-state index is 0.123. The van der Waals surface area contributed by atoms with Crippen LogP contribution in [0, 0.1) is 0 Å². The largest absolute Gasteiger partial charge is 0.435 e. The number of alkyl halides is 2. The quantitative estimate of drug-likeness (QED) is 0.813. The van der Waals surface area contributed by atoms with E-state index < -0.39 is 6.61 Å². The number of allylic oxidation sites excluding steroid dienone is 1. The van der Waals surface area contributed by atoms with Crippen LogP contribution >= 0.6 is 0 Å². The lowest BCUT2D eigenvalue weighted by Crippen LogP contribution is -2.32. The summed E-state index contributed by atoms with van der Waals surface area (Å²) in [4.78, 5) is 0. The highest BCUT2D eigenvalue weighted by Gasteiger charge is 2.14. The first-order chi connectivity index (χ1) is 9.15. The summed E-state index contributed by atoms with van der Waals surface area (Å²) < 4.78 is 28.8. The predicted molar refractivity (Wildman–Crippen MR) is 71.4 cm³/mol. The molecule has 0 saturated carbocycles.